The van der Waals surface area contributed by atoms with Crippen molar-refractivity contribution in [3.8, 4) is 5.75 Å². The van der Waals surface area contributed by atoms with Crippen molar-refractivity contribution in [3.05, 3.63) is 23.8 Å². The quantitative estimate of drug-likeness (QED) is 0.623. The van der Waals surface area contributed by atoms with Crippen LogP contribution in [0.3, 0.4) is 0 Å². The third-order valence-corrected chi connectivity index (χ3v) is 2.45. The molecule has 1 atom stereocenters. The number of carboxylic acid groups (broad SMARTS) is 1. The Labute approximate surface area is 105 Å². The van der Waals surface area contributed by atoms with E-state index in [1.54, 1.807) is 14.0 Å². The van der Waals surface area contributed by atoms with E-state index >= 15 is 0 Å². The third kappa shape index (κ3) is 3.46. The van der Waals surface area contributed by atoms with E-state index in [-0.39, 0.29) is 23.1 Å². The SMILES string of the molecule is CNCC(C)C(=O)Nc1ccc(C(=O)O)c(O)c1. The van der Waals surface area contributed by atoms with Gasteiger partial charge >= 0.3 is 5.97 Å². The summed E-state index contributed by atoms with van der Waals surface area (Å²) in [6, 6.07) is 3.90. The number of carbonyl (C=O) groups is 2. The van der Waals surface area contributed by atoms with Gasteiger partial charge < -0.3 is 20.8 Å². The average molecular weight is 252 g/mol. The van der Waals surface area contributed by atoms with Gasteiger partial charge in [-0.1, -0.05) is 6.92 Å². The number of carbonyl (C=O) groups excluding carboxylic acids is 1. The van der Waals surface area contributed by atoms with Gasteiger partial charge in [-0.15, -0.1) is 0 Å². The molecule has 98 valence electrons. The van der Waals surface area contributed by atoms with Crippen LogP contribution in [0, 0.1) is 5.92 Å². The third-order valence-electron chi connectivity index (χ3n) is 2.45. The van der Waals surface area contributed by atoms with Crippen LogP contribution in [0.5, 0.6) is 5.75 Å². The van der Waals surface area contributed by atoms with E-state index in [2.05, 4.69) is 10.6 Å². The number of hydrogen-bond donors (Lipinski definition) is 4. The van der Waals surface area contributed by atoms with Crippen molar-refractivity contribution in [1.29, 1.82) is 0 Å². The number of aromatic carboxylic acids is 1. The topological polar surface area (TPSA) is 98.7 Å². The molecule has 0 heterocycles. The largest absolute Gasteiger partial charge is 0.507 e. The first-order chi connectivity index (χ1) is 8.45. The number of aromatic hydroxyl groups is 1. The molecule has 0 aromatic heterocycles. The molecule has 0 saturated heterocycles. The second kappa shape index (κ2) is 6.02. The second-order valence-corrected chi connectivity index (χ2v) is 3.99. The maximum atomic E-state index is 11.7. The lowest BCUT2D eigenvalue weighted by molar-refractivity contribution is -0.119. The number of amides is 1. The minimum atomic E-state index is -1.21. The molecule has 6 heteroatoms. The van der Waals surface area contributed by atoms with E-state index in [1.165, 1.54) is 18.2 Å². The predicted octanol–water partition coefficient (Wildman–Crippen LogP) is 0.884. The first-order valence-corrected chi connectivity index (χ1v) is 5.47. The molecular weight excluding hydrogens is 236 g/mol. The van der Waals surface area contributed by atoms with Crippen molar-refractivity contribution in [2.24, 2.45) is 5.92 Å². The van der Waals surface area contributed by atoms with Gasteiger partial charge in [0.05, 0.1) is 0 Å². The minimum Gasteiger partial charge on any atom is -0.507 e. The lowest BCUT2D eigenvalue weighted by atomic mass is 10.1. The van der Waals surface area contributed by atoms with Gasteiger partial charge in [0.1, 0.15) is 11.3 Å². The monoisotopic (exact) mass is 252 g/mol. The van der Waals surface area contributed by atoms with Crippen LogP contribution < -0.4 is 10.6 Å². The Kier molecular flexibility index (Phi) is 4.67. The number of anilines is 1. The normalized spacial score (nSPS) is 11.9. The van der Waals surface area contributed by atoms with Crippen LogP contribution in [0.1, 0.15) is 17.3 Å². The van der Waals surface area contributed by atoms with Crippen LogP contribution in [0.2, 0.25) is 0 Å². The molecule has 6 nitrogen and oxygen atoms in total. The summed E-state index contributed by atoms with van der Waals surface area (Å²) in [7, 11) is 1.75. The molecule has 0 radical (unpaired) electrons. The molecule has 1 unspecified atom stereocenters. The van der Waals surface area contributed by atoms with Crippen molar-refractivity contribution < 1.29 is 19.8 Å². The maximum absolute atomic E-state index is 11.7. The molecule has 18 heavy (non-hydrogen) atoms. The molecule has 0 spiro atoms. The molecule has 0 aliphatic carbocycles. The van der Waals surface area contributed by atoms with E-state index in [1.807, 2.05) is 0 Å². The number of carboxylic acids is 1. The lowest BCUT2D eigenvalue weighted by Gasteiger charge is -2.12. The first-order valence-electron chi connectivity index (χ1n) is 5.47. The number of rotatable bonds is 5. The minimum absolute atomic E-state index is 0.198. The summed E-state index contributed by atoms with van der Waals surface area (Å²) in [4.78, 5) is 22.4. The zero-order chi connectivity index (χ0) is 13.7. The van der Waals surface area contributed by atoms with Crippen LogP contribution in [0.15, 0.2) is 18.2 Å². The van der Waals surface area contributed by atoms with Gasteiger partial charge in [-0.2, -0.15) is 0 Å². The highest BCUT2D eigenvalue weighted by Gasteiger charge is 2.14. The van der Waals surface area contributed by atoms with Crippen LogP contribution in [0.25, 0.3) is 0 Å². The Morgan fingerprint density at radius 2 is 2.06 bits per heavy atom. The van der Waals surface area contributed by atoms with Crippen LogP contribution in [-0.2, 0) is 4.79 Å². The van der Waals surface area contributed by atoms with E-state index in [4.69, 9.17) is 5.11 Å². The molecule has 0 bridgehead atoms. The zero-order valence-electron chi connectivity index (χ0n) is 10.2. The molecule has 4 N–H and O–H groups in total. The molecule has 1 aromatic rings. The zero-order valence-corrected chi connectivity index (χ0v) is 10.2. The van der Waals surface area contributed by atoms with E-state index in [9.17, 15) is 14.7 Å². The number of benzene rings is 1. The van der Waals surface area contributed by atoms with Crippen LogP contribution in [0.4, 0.5) is 5.69 Å². The van der Waals surface area contributed by atoms with Gasteiger partial charge in [0.15, 0.2) is 0 Å². The highest BCUT2D eigenvalue weighted by Crippen LogP contribution is 2.22. The van der Waals surface area contributed by atoms with Crippen molar-refractivity contribution >= 4 is 17.6 Å². The van der Waals surface area contributed by atoms with E-state index < -0.39 is 5.97 Å². The van der Waals surface area contributed by atoms with E-state index in [0.717, 1.165) is 0 Å². The van der Waals surface area contributed by atoms with Crippen LogP contribution in [-0.4, -0.2) is 35.7 Å². The summed E-state index contributed by atoms with van der Waals surface area (Å²) in [6.45, 7) is 2.29. The highest BCUT2D eigenvalue weighted by atomic mass is 16.4. The van der Waals surface area contributed by atoms with Gasteiger partial charge in [-0.25, -0.2) is 4.79 Å². The number of hydrogen-bond acceptors (Lipinski definition) is 4. The summed E-state index contributed by atoms with van der Waals surface area (Å²) < 4.78 is 0. The molecule has 1 aromatic carbocycles. The van der Waals surface area contributed by atoms with Crippen molar-refractivity contribution in [2.45, 2.75) is 6.92 Å². The summed E-state index contributed by atoms with van der Waals surface area (Å²) in [5.74, 6) is -2.02. The number of nitrogens with one attached hydrogen (secondary N) is 2. The smallest absolute Gasteiger partial charge is 0.339 e. The fraction of sp³-hybridized carbons (Fsp3) is 0.333. The van der Waals surface area contributed by atoms with Crippen molar-refractivity contribution in [2.75, 3.05) is 18.9 Å². The molecule has 0 fully saturated rings. The van der Waals surface area contributed by atoms with Gasteiger partial charge in [-0.3, -0.25) is 4.79 Å². The number of phenols is 1. The highest BCUT2D eigenvalue weighted by molar-refractivity contribution is 5.95. The Balaban J connectivity index is 2.77. The molecule has 1 rings (SSSR count). The Morgan fingerprint density at radius 3 is 2.56 bits per heavy atom. The summed E-state index contributed by atoms with van der Waals surface area (Å²) in [6.07, 6.45) is 0. The lowest BCUT2D eigenvalue weighted by Crippen LogP contribution is -2.28. The average Bonchev–Trinajstić information content (AvgIpc) is 2.28. The Hall–Kier alpha value is -2.08. The van der Waals surface area contributed by atoms with Gasteiger partial charge in [0.2, 0.25) is 5.91 Å². The maximum Gasteiger partial charge on any atom is 0.339 e. The fourth-order valence-electron chi connectivity index (χ4n) is 1.45. The molecule has 0 aliphatic rings. The summed E-state index contributed by atoms with van der Waals surface area (Å²) in [5, 5.41) is 23.7. The standard InChI is InChI=1S/C12H16N2O4/c1-7(6-13-2)11(16)14-8-3-4-9(12(17)18)10(15)5-8/h3-5,7,13,15H,6H2,1-2H3,(H,14,16)(H,17,18). The van der Waals surface area contributed by atoms with Crippen molar-refractivity contribution in [1.82, 2.24) is 5.32 Å². The molecule has 0 aliphatic heterocycles. The van der Waals surface area contributed by atoms with Crippen molar-refractivity contribution in [3.63, 3.8) is 0 Å². The summed E-state index contributed by atoms with van der Waals surface area (Å²) >= 11 is 0. The summed E-state index contributed by atoms with van der Waals surface area (Å²) in [5.41, 5.74) is 0.168. The van der Waals surface area contributed by atoms with Gasteiger partial charge in [-0.05, 0) is 19.2 Å². The van der Waals surface area contributed by atoms with Crippen LogP contribution >= 0.6 is 0 Å². The predicted molar refractivity (Wildman–Crippen MR) is 66.8 cm³/mol. The van der Waals surface area contributed by atoms with Gasteiger partial charge in [0, 0.05) is 24.2 Å². The Morgan fingerprint density at radius 1 is 1.39 bits per heavy atom. The first kappa shape index (κ1) is 14.0. The second-order valence-electron chi connectivity index (χ2n) is 3.99. The fourth-order valence-corrected chi connectivity index (χ4v) is 1.45. The molecule has 1 amide bonds. The van der Waals surface area contributed by atoms with Gasteiger partial charge in [0.25, 0.3) is 0 Å². The van der Waals surface area contributed by atoms with E-state index in [0.29, 0.717) is 12.2 Å². The molecular formula is C12H16N2O4. The molecule has 0 saturated carbocycles. The Bertz CT molecular complexity index is 459.